The number of nitrogens with one attached hydrogen (secondary N) is 2. The molecule has 0 atom stereocenters. The van der Waals surface area contributed by atoms with Crippen molar-refractivity contribution >= 4 is 17.2 Å². The molecule has 3 heterocycles. The number of phenolic OH excluding ortho intramolecular Hbond substituents is 1. The van der Waals surface area contributed by atoms with Crippen molar-refractivity contribution in [3.05, 3.63) is 66.4 Å². The Kier molecular flexibility index (Phi) is 6.36. The first kappa shape index (κ1) is 23.3. The lowest BCUT2D eigenvalue weighted by Crippen LogP contribution is -2.25. The number of nitrogens with zero attached hydrogens (tertiary/aromatic N) is 3. The number of para-hydroxylation sites is 2. The molecule has 2 aromatic heterocycles. The topological polar surface area (TPSA) is 110 Å². The van der Waals surface area contributed by atoms with Crippen LogP contribution in [0.15, 0.2) is 60.8 Å². The van der Waals surface area contributed by atoms with Crippen molar-refractivity contribution in [2.75, 3.05) is 25.1 Å². The smallest absolute Gasteiger partial charge is 0.251 e. The van der Waals surface area contributed by atoms with Gasteiger partial charge in [0.2, 0.25) is 5.88 Å². The van der Waals surface area contributed by atoms with Crippen LogP contribution in [0.2, 0.25) is 0 Å². The number of imidazole rings is 1. The monoisotopic (exact) mass is 499 g/mol. The van der Waals surface area contributed by atoms with Crippen LogP contribution in [0.1, 0.15) is 36.0 Å². The summed E-state index contributed by atoms with van der Waals surface area (Å²) in [7, 11) is 0. The molecule has 4 aromatic rings. The molecule has 1 aliphatic heterocycles. The highest BCUT2D eigenvalue weighted by Crippen LogP contribution is 2.33. The van der Waals surface area contributed by atoms with Crippen molar-refractivity contribution in [2.24, 2.45) is 5.92 Å². The minimum absolute atomic E-state index is 0.0343. The molecule has 1 amide bonds. The zero-order valence-electron chi connectivity index (χ0n) is 20.4. The van der Waals surface area contributed by atoms with Gasteiger partial charge in [0, 0.05) is 43.0 Å². The first-order chi connectivity index (χ1) is 18.1. The molecule has 1 saturated heterocycles. The molecule has 37 heavy (non-hydrogen) atoms. The highest BCUT2D eigenvalue weighted by Gasteiger charge is 2.24. The SMILES string of the molecule is O=C(NC1CC1)c1ccc(-c2cnc3c(NCC4CCOCC4)cc(Oc4ccccc4O)nn23)cc1. The number of hydrogen-bond acceptors (Lipinski definition) is 7. The Morgan fingerprint density at radius 1 is 1.08 bits per heavy atom. The summed E-state index contributed by atoms with van der Waals surface area (Å²) in [5.41, 5.74) is 3.72. The first-order valence-electron chi connectivity index (χ1n) is 12.7. The van der Waals surface area contributed by atoms with Gasteiger partial charge in [-0.1, -0.05) is 24.3 Å². The standard InChI is InChI=1S/C28H29N5O4/c34-24-3-1-2-4-25(24)37-26-15-22(29-16-18-11-13-36-14-12-18)27-30-17-23(33(27)32-26)19-5-7-20(8-6-19)28(35)31-21-9-10-21/h1-8,15,17-18,21,29,34H,9-14,16H2,(H,31,35). The Morgan fingerprint density at radius 2 is 1.86 bits per heavy atom. The van der Waals surface area contributed by atoms with Crippen molar-refractivity contribution in [3.8, 4) is 28.6 Å². The Bertz CT molecular complexity index is 1410. The largest absolute Gasteiger partial charge is 0.504 e. The normalized spacial score (nSPS) is 16.0. The lowest BCUT2D eigenvalue weighted by Gasteiger charge is -2.22. The summed E-state index contributed by atoms with van der Waals surface area (Å²) >= 11 is 0. The molecule has 9 heteroatoms. The lowest BCUT2D eigenvalue weighted by molar-refractivity contribution is 0.0699. The fraction of sp³-hybridized carbons (Fsp3) is 0.321. The van der Waals surface area contributed by atoms with E-state index in [1.807, 2.05) is 30.3 Å². The van der Waals surface area contributed by atoms with Crippen LogP contribution in [0.4, 0.5) is 5.69 Å². The Morgan fingerprint density at radius 3 is 2.62 bits per heavy atom. The van der Waals surface area contributed by atoms with Gasteiger partial charge in [-0.2, -0.15) is 0 Å². The summed E-state index contributed by atoms with van der Waals surface area (Å²) in [5, 5.41) is 21.5. The van der Waals surface area contributed by atoms with Crippen LogP contribution in [-0.4, -0.2) is 51.4 Å². The summed E-state index contributed by atoms with van der Waals surface area (Å²) < 4.78 is 13.2. The second-order valence-electron chi connectivity index (χ2n) is 9.61. The lowest BCUT2D eigenvalue weighted by atomic mass is 10.0. The van der Waals surface area contributed by atoms with Crippen LogP contribution in [-0.2, 0) is 4.74 Å². The third-order valence-corrected chi connectivity index (χ3v) is 6.80. The van der Waals surface area contributed by atoms with Crippen LogP contribution in [0.3, 0.4) is 0 Å². The molecule has 190 valence electrons. The Hall–Kier alpha value is -4.11. The van der Waals surface area contributed by atoms with E-state index in [1.165, 1.54) is 0 Å². The molecule has 1 aliphatic carbocycles. The summed E-state index contributed by atoms with van der Waals surface area (Å²) in [6.07, 6.45) is 5.89. The molecular formula is C28H29N5O4. The molecule has 2 fully saturated rings. The number of carbonyl (C=O) groups is 1. The van der Waals surface area contributed by atoms with Crippen molar-refractivity contribution in [1.29, 1.82) is 0 Å². The maximum absolute atomic E-state index is 12.4. The van der Waals surface area contributed by atoms with Crippen LogP contribution < -0.4 is 15.4 Å². The summed E-state index contributed by atoms with van der Waals surface area (Å²) in [5.74, 6) is 1.13. The van der Waals surface area contributed by atoms with Gasteiger partial charge in [-0.15, -0.1) is 5.10 Å². The number of anilines is 1. The summed E-state index contributed by atoms with van der Waals surface area (Å²) in [6.45, 7) is 2.34. The van der Waals surface area contributed by atoms with Gasteiger partial charge in [0.1, 0.15) is 0 Å². The fourth-order valence-corrected chi connectivity index (χ4v) is 4.47. The number of benzene rings is 2. The van der Waals surface area contributed by atoms with E-state index in [-0.39, 0.29) is 11.7 Å². The number of amides is 1. The fourth-order valence-electron chi connectivity index (χ4n) is 4.47. The molecule has 0 unspecified atom stereocenters. The highest BCUT2D eigenvalue weighted by atomic mass is 16.5. The van der Waals surface area contributed by atoms with Crippen molar-refractivity contribution in [1.82, 2.24) is 19.9 Å². The molecule has 2 aliphatic rings. The van der Waals surface area contributed by atoms with Crippen LogP contribution in [0, 0.1) is 5.92 Å². The number of carbonyl (C=O) groups excluding carboxylic acids is 1. The van der Waals surface area contributed by atoms with Crippen LogP contribution >= 0.6 is 0 Å². The molecule has 3 N–H and O–H groups in total. The number of ether oxygens (including phenoxy) is 2. The van der Waals surface area contributed by atoms with Crippen molar-refractivity contribution in [2.45, 2.75) is 31.7 Å². The first-order valence-corrected chi connectivity index (χ1v) is 12.7. The Labute approximate surface area is 214 Å². The van der Waals surface area contributed by atoms with Gasteiger partial charge in [0.25, 0.3) is 5.91 Å². The number of aromatic hydroxyl groups is 1. The third-order valence-electron chi connectivity index (χ3n) is 6.80. The van der Waals surface area contributed by atoms with E-state index < -0.39 is 0 Å². The number of aromatic nitrogens is 3. The second-order valence-corrected chi connectivity index (χ2v) is 9.61. The average Bonchev–Trinajstić information content (AvgIpc) is 3.64. The number of phenols is 1. The van der Waals surface area contributed by atoms with Gasteiger partial charge in [0.15, 0.2) is 17.1 Å². The molecule has 0 radical (unpaired) electrons. The maximum atomic E-state index is 12.4. The summed E-state index contributed by atoms with van der Waals surface area (Å²) in [4.78, 5) is 17.1. The zero-order valence-corrected chi connectivity index (χ0v) is 20.4. The van der Waals surface area contributed by atoms with Crippen LogP contribution in [0.25, 0.3) is 16.9 Å². The second kappa shape index (κ2) is 10.1. The average molecular weight is 500 g/mol. The van der Waals surface area contributed by atoms with E-state index in [4.69, 9.17) is 14.6 Å². The third kappa shape index (κ3) is 5.22. The molecule has 6 rings (SSSR count). The van der Waals surface area contributed by atoms with Crippen molar-refractivity contribution in [3.63, 3.8) is 0 Å². The number of rotatable bonds is 8. The van der Waals surface area contributed by atoms with Gasteiger partial charge in [-0.3, -0.25) is 4.79 Å². The van der Waals surface area contributed by atoms with E-state index >= 15 is 0 Å². The minimum atomic E-state index is -0.0525. The van der Waals surface area contributed by atoms with E-state index in [9.17, 15) is 9.90 Å². The van der Waals surface area contributed by atoms with E-state index in [0.29, 0.717) is 34.8 Å². The molecule has 1 saturated carbocycles. The predicted molar refractivity (Wildman–Crippen MR) is 139 cm³/mol. The van der Waals surface area contributed by atoms with E-state index in [0.717, 1.165) is 62.4 Å². The van der Waals surface area contributed by atoms with Gasteiger partial charge >= 0.3 is 0 Å². The Balaban J connectivity index is 1.33. The maximum Gasteiger partial charge on any atom is 0.251 e. The van der Waals surface area contributed by atoms with Gasteiger partial charge < -0.3 is 25.2 Å². The van der Waals surface area contributed by atoms with Crippen molar-refractivity contribution < 1.29 is 19.4 Å². The quantitative estimate of drug-likeness (QED) is 0.324. The van der Waals surface area contributed by atoms with Gasteiger partial charge in [0.05, 0.1) is 17.6 Å². The molecule has 0 spiro atoms. The van der Waals surface area contributed by atoms with E-state index in [2.05, 4.69) is 15.6 Å². The highest BCUT2D eigenvalue weighted by molar-refractivity contribution is 5.95. The van der Waals surface area contributed by atoms with Crippen LogP contribution in [0.5, 0.6) is 17.4 Å². The molecule has 0 bridgehead atoms. The molecule has 2 aromatic carbocycles. The number of fused-ring (bicyclic) bond motifs is 1. The predicted octanol–water partition coefficient (Wildman–Crippen LogP) is 4.62. The van der Waals surface area contributed by atoms with Gasteiger partial charge in [-0.25, -0.2) is 9.50 Å². The van der Waals surface area contributed by atoms with E-state index in [1.54, 1.807) is 35.0 Å². The molecule has 9 nitrogen and oxygen atoms in total. The number of hydrogen-bond donors (Lipinski definition) is 3. The summed E-state index contributed by atoms with van der Waals surface area (Å²) in [6, 6.07) is 16.4. The zero-order chi connectivity index (χ0) is 25.2. The van der Waals surface area contributed by atoms with Gasteiger partial charge in [-0.05, 0) is 55.9 Å². The molecular weight excluding hydrogens is 470 g/mol. The minimum Gasteiger partial charge on any atom is -0.504 e.